The van der Waals surface area contributed by atoms with E-state index in [1.807, 2.05) is 43.0 Å². The maximum atomic E-state index is 12.0. The number of nitrogens with one attached hydrogen (secondary N) is 1. The predicted octanol–water partition coefficient (Wildman–Crippen LogP) is 1.15. The van der Waals surface area contributed by atoms with Gasteiger partial charge >= 0.3 is 0 Å². The molecule has 0 fully saturated rings. The first-order valence-corrected chi connectivity index (χ1v) is 7.36. The van der Waals surface area contributed by atoms with Crippen LogP contribution in [0, 0.1) is 5.92 Å². The molecule has 3 N–H and O–H groups in total. The van der Waals surface area contributed by atoms with Crippen LogP contribution in [0.2, 0.25) is 0 Å². The van der Waals surface area contributed by atoms with E-state index in [2.05, 4.69) is 5.32 Å². The average molecular weight is 307 g/mol. The molecule has 0 aliphatic heterocycles. The van der Waals surface area contributed by atoms with Crippen LogP contribution < -0.4 is 20.7 Å². The fourth-order valence-electron chi connectivity index (χ4n) is 1.88. The van der Waals surface area contributed by atoms with E-state index in [-0.39, 0.29) is 24.8 Å². The molecule has 0 radical (unpaired) electrons. The molecular formula is C16H25N3O3. The van der Waals surface area contributed by atoms with Gasteiger partial charge in [-0.05, 0) is 30.2 Å². The number of primary amides is 1. The molecule has 0 aliphatic rings. The van der Waals surface area contributed by atoms with Crippen LogP contribution in [0.15, 0.2) is 24.3 Å². The molecule has 0 aromatic heterocycles. The van der Waals surface area contributed by atoms with Gasteiger partial charge in [0, 0.05) is 25.2 Å². The van der Waals surface area contributed by atoms with E-state index in [1.165, 1.54) is 0 Å². The van der Waals surface area contributed by atoms with Gasteiger partial charge in [-0.1, -0.05) is 13.8 Å². The van der Waals surface area contributed by atoms with Gasteiger partial charge in [0.1, 0.15) is 5.75 Å². The van der Waals surface area contributed by atoms with Crippen molar-refractivity contribution in [1.29, 1.82) is 0 Å². The zero-order chi connectivity index (χ0) is 16.5. The standard InChI is InChI=1S/C16H25N3O3/c1-12(2)10-18-16(21)11-19(9-8-15(17)20)13-4-6-14(22-3)7-5-13/h4-7,12H,8-11H2,1-3H3,(H2,17,20)(H,18,21). The maximum absolute atomic E-state index is 12.0. The summed E-state index contributed by atoms with van der Waals surface area (Å²) < 4.78 is 5.12. The molecule has 122 valence electrons. The fourth-order valence-corrected chi connectivity index (χ4v) is 1.88. The van der Waals surface area contributed by atoms with Crippen molar-refractivity contribution in [2.24, 2.45) is 11.7 Å². The molecule has 1 aromatic carbocycles. The molecule has 2 amide bonds. The number of carbonyl (C=O) groups excluding carboxylic acids is 2. The lowest BCUT2D eigenvalue weighted by molar-refractivity contribution is -0.120. The molecule has 6 nitrogen and oxygen atoms in total. The molecular weight excluding hydrogens is 282 g/mol. The second-order valence-electron chi connectivity index (χ2n) is 5.53. The minimum atomic E-state index is -0.388. The van der Waals surface area contributed by atoms with Crippen LogP contribution in [0.1, 0.15) is 20.3 Å². The van der Waals surface area contributed by atoms with Crippen molar-refractivity contribution in [3.63, 3.8) is 0 Å². The Kier molecular flexibility index (Phi) is 7.22. The number of nitrogens with two attached hydrogens (primary N) is 1. The van der Waals surface area contributed by atoms with Gasteiger partial charge in [-0.25, -0.2) is 0 Å². The highest BCUT2D eigenvalue weighted by Gasteiger charge is 2.13. The Labute approximate surface area is 131 Å². The molecule has 0 atom stereocenters. The number of nitrogens with zero attached hydrogens (tertiary/aromatic N) is 1. The van der Waals surface area contributed by atoms with Crippen LogP contribution in [-0.2, 0) is 9.59 Å². The summed E-state index contributed by atoms with van der Waals surface area (Å²) in [6.07, 6.45) is 0.198. The van der Waals surface area contributed by atoms with Crippen molar-refractivity contribution in [2.45, 2.75) is 20.3 Å². The number of hydrogen-bond acceptors (Lipinski definition) is 4. The van der Waals surface area contributed by atoms with Crippen molar-refractivity contribution in [3.8, 4) is 5.75 Å². The van der Waals surface area contributed by atoms with Crippen LogP contribution in [0.25, 0.3) is 0 Å². The number of ether oxygens (including phenoxy) is 1. The summed E-state index contributed by atoms with van der Waals surface area (Å²) in [6, 6.07) is 7.35. The third kappa shape index (κ3) is 6.47. The summed E-state index contributed by atoms with van der Waals surface area (Å²) in [6.45, 7) is 5.29. The Bertz CT molecular complexity index is 486. The van der Waals surface area contributed by atoms with E-state index in [1.54, 1.807) is 7.11 Å². The van der Waals surface area contributed by atoms with Crippen LogP contribution >= 0.6 is 0 Å². The van der Waals surface area contributed by atoms with E-state index < -0.39 is 0 Å². The number of methoxy groups -OCH3 is 1. The Morgan fingerprint density at radius 3 is 2.41 bits per heavy atom. The van der Waals surface area contributed by atoms with E-state index in [0.717, 1.165) is 11.4 Å². The minimum absolute atomic E-state index is 0.0750. The van der Waals surface area contributed by atoms with Crippen LogP contribution in [0.3, 0.4) is 0 Å². The highest BCUT2D eigenvalue weighted by atomic mass is 16.5. The fraction of sp³-hybridized carbons (Fsp3) is 0.500. The molecule has 0 spiro atoms. The Morgan fingerprint density at radius 1 is 1.27 bits per heavy atom. The minimum Gasteiger partial charge on any atom is -0.497 e. The van der Waals surface area contributed by atoms with Gasteiger partial charge in [0.25, 0.3) is 0 Å². The first-order valence-electron chi connectivity index (χ1n) is 7.36. The molecule has 0 heterocycles. The zero-order valence-corrected chi connectivity index (χ0v) is 13.5. The second kappa shape index (κ2) is 8.92. The van der Waals surface area contributed by atoms with Crippen molar-refractivity contribution < 1.29 is 14.3 Å². The molecule has 0 bridgehead atoms. The number of carbonyl (C=O) groups is 2. The van der Waals surface area contributed by atoms with Crippen molar-refractivity contribution in [2.75, 3.05) is 31.6 Å². The SMILES string of the molecule is COc1ccc(N(CCC(N)=O)CC(=O)NCC(C)C)cc1. The summed E-state index contributed by atoms with van der Waals surface area (Å²) in [5, 5.41) is 2.87. The van der Waals surface area contributed by atoms with E-state index >= 15 is 0 Å². The first-order chi connectivity index (χ1) is 10.4. The second-order valence-corrected chi connectivity index (χ2v) is 5.53. The van der Waals surface area contributed by atoms with Gasteiger partial charge in [-0.3, -0.25) is 9.59 Å². The van der Waals surface area contributed by atoms with Gasteiger partial charge < -0.3 is 20.7 Å². The van der Waals surface area contributed by atoms with Gasteiger partial charge in [-0.15, -0.1) is 0 Å². The summed E-state index contributed by atoms with van der Waals surface area (Å²) in [7, 11) is 1.60. The number of anilines is 1. The summed E-state index contributed by atoms with van der Waals surface area (Å²) >= 11 is 0. The molecule has 22 heavy (non-hydrogen) atoms. The van der Waals surface area contributed by atoms with Gasteiger partial charge in [-0.2, -0.15) is 0 Å². The van der Waals surface area contributed by atoms with Crippen molar-refractivity contribution >= 4 is 17.5 Å². The maximum Gasteiger partial charge on any atom is 0.239 e. The Hall–Kier alpha value is -2.24. The van der Waals surface area contributed by atoms with Crippen molar-refractivity contribution in [1.82, 2.24) is 5.32 Å². The lowest BCUT2D eigenvalue weighted by atomic mass is 10.2. The summed E-state index contributed by atoms with van der Waals surface area (Å²) in [4.78, 5) is 24.8. The first kappa shape index (κ1) is 17.8. The smallest absolute Gasteiger partial charge is 0.239 e. The number of amides is 2. The third-order valence-corrected chi connectivity index (χ3v) is 3.11. The van der Waals surface area contributed by atoms with E-state index in [4.69, 9.17) is 10.5 Å². The molecule has 0 saturated carbocycles. The summed E-state index contributed by atoms with van der Waals surface area (Å²) in [5.41, 5.74) is 6.06. The van der Waals surface area contributed by atoms with Crippen LogP contribution in [0.5, 0.6) is 5.75 Å². The van der Waals surface area contributed by atoms with Crippen LogP contribution in [-0.4, -0.2) is 38.6 Å². The predicted molar refractivity (Wildman–Crippen MR) is 86.9 cm³/mol. The highest BCUT2D eigenvalue weighted by molar-refractivity contribution is 5.82. The van der Waals surface area contributed by atoms with Crippen LogP contribution in [0.4, 0.5) is 5.69 Å². The van der Waals surface area contributed by atoms with Gasteiger partial charge in [0.2, 0.25) is 11.8 Å². The Morgan fingerprint density at radius 2 is 1.91 bits per heavy atom. The average Bonchev–Trinajstić information content (AvgIpc) is 2.49. The van der Waals surface area contributed by atoms with Gasteiger partial charge in [0.15, 0.2) is 0 Å². The lowest BCUT2D eigenvalue weighted by Gasteiger charge is -2.24. The van der Waals surface area contributed by atoms with E-state index in [0.29, 0.717) is 19.0 Å². The molecule has 0 aliphatic carbocycles. The molecule has 1 aromatic rings. The molecule has 0 saturated heterocycles. The quantitative estimate of drug-likeness (QED) is 0.717. The normalized spacial score (nSPS) is 10.4. The molecule has 0 unspecified atom stereocenters. The van der Waals surface area contributed by atoms with E-state index in [9.17, 15) is 9.59 Å². The Balaban J connectivity index is 2.73. The molecule has 1 rings (SSSR count). The number of hydrogen-bond donors (Lipinski definition) is 2. The zero-order valence-electron chi connectivity index (χ0n) is 13.5. The van der Waals surface area contributed by atoms with Gasteiger partial charge in [0.05, 0.1) is 13.7 Å². The molecule has 6 heteroatoms. The lowest BCUT2D eigenvalue weighted by Crippen LogP contribution is -2.40. The third-order valence-electron chi connectivity index (χ3n) is 3.11. The highest BCUT2D eigenvalue weighted by Crippen LogP contribution is 2.19. The monoisotopic (exact) mass is 307 g/mol. The van der Waals surface area contributed by atoms with Crippen molar-refractivity contribution in [3.05, 3.63) is 24.3 Å². The number of rotatable bonds is 9. The largest absolute Gasteiger partial charge is 0.497 e. The summed E-state index contributed by atoms with van der Waals surface area (Å²) in [5.74, 6) is 0.668. The number of benzene rings is 1. The topological polar surface area (TPSA) is 84.7 Å².